The van der Waals surface area contributed by atoms with Crippen molar-refractivity contribution in [1.82, 2.24) is 0 Å². The summed E-state index contributed by atoms with van der Waals surface area (Å²) >= 11 is 0. The van der Waals surface area contributed by atoms with Crippen molar-refractivity contribution >= 4 is 0 Å². The summed E-state index contributed by atoms with van der Waals surface area (Å²) in [4.78, 5) is 0. The van der Waals surface area contributed by atoms with E-state index in [9.17, 15) is 0 Å². The molecule has 1 fully saturated rings. The first-order valence-electron chi connectivity index (χ1n) is 3.57. The summed E-state index contributed by atoms with van der Waals surface area (Å²) in [7, 11) is 0. The van der Waals surface area contributed by atoms with Crippen molar-refractivity contribution in [3.8, 4) is 0 Å². The maximum absolute atomic E-state index is 9.06. The van der Waals surface area contributed by atoms with Gasteiger partial charge in [-0.05, 0) is 0 Å². The van der Waals surface area contributed by atoms with Gasteiger partial charge in [0.05, 0.1) is 13.2 Å². The molecule has 0 amide bonds. The Balaban J connectivity index is 2.49. The Morgan fingerprint density at radius 2 is 1.17 bits per heavy atom. The van der Waals surface area contributed by atoms with Crippen LogP contribution in [0.15, 0.2) is 0 Å². The molecule has 1 rings (SSSR count). The molecule has 0 aromatic heterocycles. The molecule has 0 unspecified atom stereocenters. The molecule has 0 aromatic carbocycles. The average Bonchev–Trinajstić information content (AvgIpc) is 2.08. The Labute approximate surface area is 69.0 Å². The maximum Gasteiger partial charge on any atom is 0.184 e. The molecule has 0 saturated carbocycles. The Morgan fingerprint density at radius 1 is 0.833 bits per heavy atom. The molecule has 1 aliphatic rings. The fraction of sp³-hybridized carbons (Fsp3) is 1.00. The smallest absolute Gasteiger partial charge is 0.184 e. The van der Waals surface area contributed by atoms with Gasteiger partial charge in [-0.15, -0.1) is 0 Å². The van der Waals surface area contributed by atoms with E-state index in [4.69, 9.17) is 29.9 Å². The largest absolute Gasteiger partial charge is 0.393 e. The predicted octanol–water partition coefficient (Wildman–Crippen LogP) is -2.61. The van der Waals surface area contributed by atoms with Crippen LogP contribution >= 0.6 is 0 Å². The minimum Gasteiger partial charge on any atom is -0.393 e. The van der Waals surface area contributed by atoms with Gasteiger partial charge in [-0.1, -0.05) is 0 Å². The number of aliphatic hydroxyl groups excluding tert-OH is 4. The van der Waals surface area contributed by atoms with Gasteiger partial charge in [-0.25, -0.2) is 0 Å². The Hall–Kier alpha value is -0.240. The van der Waals surface area contributed by atoms with Crippen LogP contribution in [0.5, 0.6) is 0 Å². The van der Waals surface area contributed by atoms with E-state index in [0.29, 0.717) is 0 Å². The zero-order valence-corrected chi connectivity index (χ0v) is 6.33. The first-order valence-corrected chi connectivity index (χ1v) is 3.57. The Bertz CT molecular complexity index is 124. The molecule has 6 nitrogen and oxygen atoms in total. The van der Waals surface area contributed by atoms with Crippen LogP contribution in [0.1, 0.15) is 0 Å². The van der Waals surface area contributed by atoms with E-state index in [1.165, 1.54) is 0 Å². The lowest BCUT2D eigenvalue weighted by Crippen LogP contribution is -2.51. The summed E-state index contributed by atoms with van der Waals surface area (Å²) in [5.74, 6) is 0. The van der Waals surface area contributed by atoms with Gasteiger partial charge in [0.15, 0.2) is 12.6 Å². The number of rotatable bonds is 2. The third-order valence-corrected chi connectivity index (χ3v) is 1.62. The Morgan fingerprint density at radius 3 is 1.42 bits per heavy atom. The molecule has 4 N–H and O–H groups in total. The number of ether oxygens (including phenoxy) is 2. The molecule has 72 valence electrons. The predicted molar refractivity (Wildman–Crippen MR) is 35.9 cm³/mol. The summed E-state index contributed by atoms with van der Waals surface area (Å²) in [6.07, 6.45) is -4.53. The van der Waals surface area contributed by atoms with Crippen molar-refractivity contribution in [3.05, 3.63) is 0 Å². The zero-order chi connectivity index (χ0) is 9.14. The van der Waals surface area contributed by atoms with Gasteiger partial charge < -0.3 is 29.9 Å². The first kappa shape index (κ1) is 9.85. The maximum atomic E-state index is 9.06. The molecular formula is C6H12O6. The summed E-state index contributed by atoms with van der Waals surface area (Å²) in [5, 5.41) is 35.3. The number of hydrogen-bond donors (Lipinski definition) is 4. The van der Waals surface area contributed by atoms with Crippen LogP contribution < -0.4 is 0 Å². The third-order valence-electron chi connectivity index (χ3n) is 1.62. The van der Waals surface area contributed by atoms with Gasteiger partial charge in [0, 0.05) is 0 Å². The average molecular weight is 180 g/mol. The molecule has 0 spiro atoms. The number of aliphatic hydroxyl groups is 4. The standard InChI is InChI=1S/C6H12O6/c7-1-3-5(9)12-4(2-8)6(10)11-3/h3-10H,1-2H2/t3-,4-,5-,6-/m1/s1. The monoisotopic (exact) mass is 180 g/mol. The highest BCUT2D eigenvalue weighted by Gasteiger charge is 2.36. The molecule has 0 aliphatic carbocycles. The van der Waals surface area contributed by atoms with Gasteiger partial charge in [0.2, 0.25) is 0 Å². The van der Waals surface area contributed by atoms with Crippen molar-refractivity contribution in [2.45, 2.75) is 24.8 Å². The van der Waals surface area contributed by atoms with Crippen LogP contribution in [0, 0.1) is 0 Å². The van der Waals surface area contributed by atoms with Crippen LogP contribution in [0.3, 0.4) is 0 Å². The summed E-state index contributed by atoms with van der Waals surface area (Å²) < 4.78 is 9.44. The van der Waals surface area contributed by atoms with E-state index in [2.05, 4.69) is 0 Å². The molecule has 0 radical (unpaired) electrons. The van der Waals surface area contributed by atoms with Crippen LogP contribution in [-0.4, -0.2) is 58.4 Å². The van der Waals surface area contributed by atoms with Crippen molar-refractivity contribution < 1.29 is 29.9 Å². The molecule has 0 aromatic rings. The van der Waals surface area contributed by atoms with Gasteiger partial charge in [0.25, 0.3) is 0 Å². The van der Waals surface area contributed by atoms with Crippen LogP contribution in [-0.2, 0) is 9.47 Å². The van der Waals surface area contributed by atoms with Crippen molar-refractivity contribution in [2.75, 3.05) is 13.2 Å². The van der Waals surface area contributed by atoms with E-state index in [1.54, 1.807) is 0 Å². The zero-order valence-electron chi connectivity index (χ0n) is 6.33. The lowest BCUT2D eigenvalue weighted by atomic mass is 10.2. The summed E-state index contributed by atoms with van der Waals surface area (Å²) in [6.45, 7) is -0.896. The van der Waals surface area contributed by atoms with Gasteiger partial charge in [-0.3, -0.25) is 0 Å². The first-order chi connectivity index (χ1) is 5.69. The molecule has 1 aliphatic heterocycles. The van der Waals surface area contributed by atoms with E-state index < -0.39 is 38.0 Å². The van der Waals surface area contributed by atoms with E-state index in [1.807, 2.05) is 0 Å². The summed E-state index contributed by atoms with van der Waals surface area (Å²) in [5.41, 5.74) is 0. The molecule has 1 heterocycles. The van der Waals surface area contributed by atoms with Crippen molar-refractivity contribution in [1.29, 1.82) is 0 Å². The Kier molecular flexibility index (Phi) is 3.39. The second kappa shape index (κ2) is 4.13. The van der Waals surface area contributed by atoms with Gasteiger partial charge in [0.1, 0.15) is 12.2 Å². The highest BCUT2D eigenvalue weighted by atomic mass is 16.7. The third kappa shape index (κ3) is 1.92. The molecule has 6 heteroatoms. The molecule has 12 heavy (non-hydrogen) atoms. The van der Waals surface area contributed by atoms with Crippen LogP contribution in [0.4, 0.5) is 0 Å². The lowest BCUT2D eigenvalue weighted by Gasteiger charge is -2.35. The quantitative estimate of drug-likeness (QED) is 0.371. The van der Waals surface area contributed by atoms with Gasteiger partial charge in [-0.2, -0.15) is 0 Å². The van der Waals surface area contributed by atoms with Crippen LogP contribution in [0.25, 0.3) is 0 Å². The normalized spacial score (nSPS) is 43.0. The summed E-state index contributed by atoms with van der Waals surface area (Å²) in [6, 6.07) is 0. The second-order valence-electron chi connectivity index (χ2n) is 2.50. The van der Waals surface area contributed by atoms with Crippen molar-refractivity contribution in [2.24, 2.45) is 0 Å². The van der Waals surface area contributed by atoms with Crippen LogP contribution in [0.2, 0.25) is 0 Å². The topological polar surface area (TPSA) is 99.4 Å². The highest BCUT2D eigenvalue weighted by molar-refractivity contribution is 4.72. The minimum absolute atomic E-state index is 0.448. The second-order valence-corrected chi connectivity index (χ2v) is 2.50. The molecule has 4 atom stereocenters. The molecular weight excluding hydrogens is 168 g/mol. The van der Waals surface area contributed by atoms with Crippen molar-refractivity contribution in [3.63, 3.8) is 0 Å². The van der Waals surface area contributed by atoms with E-state index in [0.717, 1.165) is 0 Å². The minimum atomic E-state index is -1.31. The highest BCUT2D eigenvalue weighted by Crippen LogP contribution is 2.16. The SMILES string of the molecule is OC[C@H]1O[C@@H](O)[C@@H](CO)O[C@H]1O. The van der Waals surface area contributed by atoms with E-state index >= 15 is 0 Å². The molecule has 0 bridgehead atoms. The lowest BCUT2D eigenvalue weighted by molar-refractivity contribution is -0.338. The van der Waals surface area contributed by atoms with E-state index in [-0.39, 0.29) is 0 Å². The fourth-order valence-electron chi connectivity index (χ4n) is 0.934. The number of hydrogen-bond acceptors (Lipinski definition) is 6. The van der Waals surface area contributed by atoms with Gasteiger partial charge >= 0.3 is 0 Å². The molecule has 1 saturated heterocycles. The fourth-order valence-corrected chi connectivity index (χ4v) is 0.934.